The molecule has 1 aromatic heterocycles. The van der Waals surface area contributed by atoms with Crippen LogP contribution in [0.5, 0.6) is 11.6 Å². The molecular formula is C16H13N3O. The monoisotopic (exact) mass is 263 g/mol. The molecule has 20 heavy (non-hydrogen) atoms. The first kappa shape index (κ1) is 12.2. The second-order valence-electron chi connectivity index (χ2n) is 4.23. The van der Waals surface area contributed by atoms with Gasteiger partial charge in [-0.15, -0.1) is 0 Å². The fourth-order valence-corrected chi connectivity index (χ4v) is 1.80. The molecule has 0 aliphatic carbocycles. The van der Waals surface area contributed by atoms with Gasteiger partial charge in [0.05, 0.1) is 11.9 Å². The number of ether oxygens (including phenoxy) is 1. The van der Waals surface area contributed by atoms with Crippen molar-refractivity contribution in [2.75, 3.05) is 5.73 Å². The van der Waals surface area contributed by atoms with Gasteiger partial charge in [0.2, 0.25) is 0 Å². The van der Waals surface area contributed by atoms with Gasteiger partial charge in [-0.2, -0.15) is 0 Å². The van der Waals surface area contributed by atoms with E-state index in [0.29, 0.717) is 11.6 Å². The molecule has 0 fully saturated rings. The smallest absolute Gasteiger partial charge is 0.263 e. The van der Waals surface area contributed by atoms with Gasteiger partial charge >= 0.3 is 0 Å². The van der Waals surface area contributed by atoms with Crippen molar-refractivity contribution in [1.29, 1.82) is 0 Å². The van der Waals surface area contributed by atoms with E-state index >= 15 is 0 Å². The van der Waals surface area contributed by atoms with Crippen molar-refractivity contribution in [2.45, 2.75) is 0 Å². The van der Waals surface area contributed by atoms with E-state index in [2.05, 4.69) is 9.97 Å². The topological polar surface area (TPSA) is 61.0 Å². The van der Waals surface area contributed by atoms with Gasteiger partial charge in [0.1, 0.15) is 5.75 Å². The molecule has 1 heterocycles. The van der Waals surface area contributed by atoms with Crippen LogP contribution < -0.4 is 10.5 Å². The van der Waals surface area contributed by atoms with Crippen molar-refractivity contribution in [3.63, 3.8) is 0 Å². The molecule has 0 atom stereocenters. The molecule has 0 bridgehead atoms. The Balaban J connectivity index is 1.95. The summed E-state index contributed by atoms with van der Waals surface area (Å²) in [6, 6.07) is 19.2. The van der Waals surface area contributed by atoms with Crippen LogP contribution in [0.3, 0.4) is 0 Å². The summed E-state index contributed by atoms with van der Waals surface area (Å²) in [4.78, 5) is 8.57. The van der Waals surface area contributed by atoms with Crippen molar-refractivity contribution in [1.82, 2.24) is 9.97 Å². The highest BCUT2D eigenvalue weighted by molar-refractivity contribution is 5.60. The largest absolute Gasteiger partial charge is 0.436 e. The third-order valence-corrected chi connectivity index (χ3v) is 2.79. The lowest BCUT2D eigenvalue weighted by atomic mass is 10.2. The van der Waals surface area contributed by atoms with E-state index in [0.717, 1.165) is 11.3 Å². The highest BCUT2D eigenvalue weighted by Crippen LogP contribution is 2.26. The summed E-state index contributed by atoms with van der Waals surface area (Å²) in [7, 11) is 0. The zero-order valence-corrected chi connectivity index (χ0v) is 10.7. The number of benzene rings is 2. The molecule has 0 saturated carbocycles. The lowest BCUT2D eigenvalue weighted by Crippen LogP contribution is -1.99. The number of nitrogens with zero attached hydrogens (tertiary/aromatic N) is 2. The Hall–Kier alpha value is -2.88. The third kappa shape index (κ3) is 2.59. The number of hydrogen-bond acceptors (Lipinski definition) is 4. The van der Waals surface area contributed by atoms with Gasteiger partial charge in [-0.05, 0) is 12.1 Å². The summed E-state index contributed by atoms with van der Waals surface area (Å²) in [5.74, 6) is 1.27. The molecule has 0 spiro atoms. The first-order valence-corrected chi connectivity index (χ1v) is 6.24. The minimum atomic E-state index is 0.272. The van der Waals surface area contributed by atoms with Crippen molar-refractivity contribution in [3.8, 4) is 22.9 Å². The van der Waals surface area contributed by atoms with Crippen LogP contribution in [-0.4, -0.2) is 9.97 Å². The fourth-order valence-electron chi connectivity index (χ4n) is 1.80. The van der Waals surface area contributed by atoms with E-state index in [9.17, 15) is 0 Å². The van der Waals surface area contributed by atoms with Gasteiger partial charge in [-0.25, -0.2) is 9.97 Å². The molecule has 0 radical (unpaired) electrons. The molecule has 98 valence electrons. The van der Waals surface area contributed by atoms with Gasteiger partial charge < -0.3 is 10.5 Å². The van der Waals surface area contributed by atoms with Crippen LogP contribution in [0.2, 0.25) is 0 Å². The molecule has 3 aromatic rings. The zero-order chi connectivity index (χ0) is 13.8. The average Bonchev–Trinajstić information content (AvgIpc) is 2.51. The minimum absolute atomic E-state index is 0.272. The second kappa shape index (κ2) is 5.40. The van der Waals surface area contributed by atoms with Gasteiger partial charge in [-0.3, -0.25) is 0 Å². The number of anilines is 1. The normalized spacial score (nSPS) is 10.2. The Morgan fingerprint density at radius 1 is 0.850 bits per heavy atom. The van der Waals surface area contributed by atoms with E-state index < -0.39 is 0 Å². The third-order valence-electron chi connectivity index (χ3n) is 2.79. The maximum absolute atomic E-state index is 5.82. The van der Waals surface area contributed by atoms with Crippen molar-refractivity contribution < 1.29 is 4.74 Å². The molecule has 0 saturated heterocycles. The number of nitrogen functional groups attached to an aromatic ring is 1. The molecule has 4 nitrogen and oxygen atoms in total. The maximum Gasteiger partial charge on any atom is 0.263 e. The first-order chi connectivity index (χ1) is 9.83. The molecule has 2 N–H and O–H groups in total. The Labute approximate surface area is 116 Å². The van der Waals surface area contributed by atoms with Crippen molar-refractivity contribution >= 4 is 5.82 Å². The highest BCUT2D eigenvalue weighted by Gasteiger charge is 2.08. The standard InChI is InChI=1S/C16H13N3O/c17-15-16(20-13-9-5-2-6-10-13)19-14(11-18-15)12-7-3-1-4-8-12/h1-11H,(H2,17,18). The summed E-state index contributed by atoms with van der Waals surface area (Å²) < 4.78 is 5.67. The van der Waals surface area contributed by atoms with Crippen LogP contribution in [0.25, 0.3) is 11.3 Å². The average molecular weight is 263 g/mol. The van der Waals surface area contributed by atoms with Gasteiger partial charge in [0.15, 0.2) is 5.82 Å². The fraction of sp³-hybridized carbons (Fsp3) is 0. The lowest BCUT2D eigenvalue weighted by molar-refractivity contribution is 0.464. The Morgan fingerprint density at radius 2 is 1.50 bits per heavy atom. The Kier molecular flexibility index (Phi) is 3.29. The van der Waals surface area contributed by atoms with Gasteiger partial charge in [0, 0.05) is 5.56 Å². The predicted molar refractivity (Wildman–Crippen MR) is 78.4 cm³/mol. The number of rotatable bonds is 3. The van der Waals surface area contributed by atoms with E-state index in [-0.39, 0.29) is 5.82 Å². The second-order valence-corrected chi connectivity index (χ2v) is 4.23. The molecule has 0 aliphatic rings. The number of nitrogens with two attached hydrogens (primary N) is 1. The van der Waals surface area contributed by atoms with E-state index in [1.165, 1.54) is 0 Å². The Morgan fingerprint density at radius 3 is 2.20 bits per heavy atom. The van der Waals surface area contributed by atoms with Crippen LogP contribution in [0.4, 0.5) is 5.82 Å². The molecule has 0 unspecified atom stereocenters. The summed E-state index contributed by atoms with van der Waals surface area (Å²) in [5, 5.41) is 0. The summed E-state index contributed by atoms with van der Waals surface area (Å²) >= 11 is 0. The van der Waals surface area contributed by atoms with E-state index in [1.54, 1.807) is 6.20 Å². The SMILES string of the molecule is Nc1ncc(-c2ccccc2)nc1Oc1ccccc1. The van der Waals surface area contributed by atoms with Crippen LogP contribution >= 0.6 is 0 Å². The van der Waals surface area contributed by atoms with Crippen LogP contribution in [-0.2, 0) is 0 Å². The molecule has 3 rings (SSSR count). The van der Waals surface area contributed by atoms with Crippen LogP contribution in [0.15, 0.2) is 66.9 Å². The van der Waals surface area contributed by atoms with Gasteiger partial charge in [-0.1, -0.05) is 48.5 Å². The molecular weight excluding hydrogens is 250 g/mol. The lowest BCUT2D eigenvalue weighted by Gasteiger charge is -2.08. The Bertz CT molecular complexity index is 699. The molecule has 4 heteroatoms. The van der Waals surface area contributed by atoms with E-state index in [4.69, 9.17) is 10.5 Å². The summed E-state index contributed by atoms with van der Waals surface area (Å²) in [6.07, 6.45) is 1.64. The minimum Gasteiger partial charge on any atom is -0.436 e. The number of para-hydroxylation sites is 1. The summed E-state index contributed by atoms with van der Waals surface area (Å²) in [6.45, 7) is 0. The van der Waals surface area contributed by atoms with Gasteiger partial charge in [0.25, 0.3) is 5.88 Å². The van der Waals surface area contributed by atoms with E-state index in [1.807, 2.05) is 60.7 Å². The quantitative estimate of drug-likeness (QED) is 0.785. The van der Waals surface area contributed by atoms with Crippen LogP contribution in [0, 0.1) is 0 Å². The van der Waals surface area contributed by atoms with Crippen molar-refractivity contribution in [3.05, 3.63) is 66.9 Å². The number of hydrogen-bond donors (Lipinski definition) is 1. The zero-order valence-electron chi connectivity index (χ0n) is 10.7. The number of aromatic nitrogens is 2. The van der Waals surface area contributed by atoms with Crippen molar-refractivity contribution in [2.24, 2.45) is 0 Å². The molecule has 0 amide bonds. The maximum atomic E-state index is 5.82. The first-order valence-electron chi connectivity index (χ1n) is 6.24. The summed E-state index contributed by atoms with van der Waals surface area (Å²) in [5.41, 5.74) is 7.51. The highest BCUT2D eigenvalue weighted by atomic mass is 16.5. The van der Waals surface area contributed by atoms with Crippen LogP contribution in [0.1, 0.15) is 0 Å². The molecule has 0 aliphatic heterocycles. The predicted octanol–water partition coefficient (Wildman–Crippen LogP) is 3.52. The molecule has 2 aromatic carbocycles.